The summed E-state index contributed by atoms with van der Waals surface area (Å²) in [5.74, 6) is -1.06. The van der Waals surface area contributed by atoms with E-state index in [2.05, 4.69) is 4.98 Å². The molecule has 2 aliphatic rings. The zero-order valence-corrected chi connectivity index (χ0v) is 12.4. The molecule has 120 valence electrons. The highest BCUT2D eigenvalue weighted by molar-refractivity contribution is 5.85. The number of β-amino-alcohol motifs (C(OH)–C–C–N with tert-alkyl or cyclic N) is 2. The van der Waals surface area contributed by atoms with Gasteiger partial charge in [0.05, 0.1) is 11.3 Å². The molecular formula is C15H20FN3O3. The van der Waals surface area contributed by atoms with Gasteiger partial charge in [0.1, 0.15) is 5.60 Å². The van der Waals surface area contributed by atoms with Crippen molar-refractivity contribution in [3.8, 4) is 0 Å². The van der Waals surface area contributed by atoms with Crippen molar-refractivity contribution in [3.63, 3.8) is 0 Å². The van der Waals surface area contributed by atoms with Gasteiger partial charge >= 0.3 is 0 Å². The molecule has 1 aliphatic heterocycles. The second-order valence-corrected chi connectivity index (χ2v) is 6.74. The van der Waals surface area contributed by atoms with Crippen LogP contribution in [0.25, 0.3) is 0 Å². The Morgan fingerprint density at radius 1 is 1.45 bits per heavy atom. The molecule has 2 unspecified atom stereocenters. The Morgan fingerprint density at radius 3 is 2.73 bits per heavy atom. The zero-order chi connectivity index (χ0) is 16.2. The summed E-state index contributed by atoms with van der Waals surface area (Å²) in [6.45, 7) is 2.84. The summed E-state index contributed by atoms with van der Waals surface area (Å²) in [7, 11) is 0. The Kier molecular flexibility index (Phi) is 3.28. The van der Waals surface area contributed by atoms with Crippen LogP contribution in [0.4, 0.5) is 4.39 Å². The van der Waals surface area contributed by atoms with Crippen LogP contribution in [-0.4, -0.2) is 51.2 Å². The third-order valence-electron chi connectivity index (χ3n) is 4.56. The molecule has 22 heavy (non-hydrogen) atoms. The molecule has 1 amide bonds. The fourth-order valence-corrected chi connectivity index (χ4v) is 3.54. The summed E-state index contributed by atoms with van der Waals surface area (Å²) < 4.78 is 14.9. The molecule has 7 heteroatoms. The number of alkyl halides is 1. The minimum atomic E-state index is -2.30. The second kappa shape index (κ2) is 4.71. The van der Waals surface area contributed by atoms with Crippen LogP contribution in [0.5, 0.6) is 0 Å². The molecule has 3 rings (SSSR count). The number of hydrogen-bond donors (Lipinski definition) is 3. The first-order valence-electron chi connectivity index (χ1n) is 7.28. The van der Waals surface area contributed by atoms with Crippen molar-refractivity contribution in [3.05, 3.63) is 29.6 Å². The zero-order valence-electron chi connectivity index (χ0n) is 12.4. The maximum atomic E-state index is 14.9. The largest absolute Gasteiger partial charge is 0.388 e. The molecule has 1 aromatic rings. The van der Waals surface area contributed by atoms with E-state index in [-0.39, 0.29) is 30.6 Å². The van der Waals surface area contributed by atoms with Crippen molar-refractivity contribution in [1.29, 1.82) is 0 Å². The number of pyridine rings is 1. The van der Waals surface area contributed by atoms with Gasteiger partial charge in [-0.05, 0) is 25.8 Å². The lowest BCUT2D eigenvalue weighted by Crippen LogP contribution is -2.63. The fourth-order valence-electron chi connectivity index (χ4n) is 3.54. The number of fused-ring (bicyclic) bond motifs is 1. The molecule has 2 heterocycles. The minimum absolute atomic E-state index is 0.0449. The standard InChI is InChI=1S/C15H20FN3O3/c1-13(21)7-19(8-13)9-14(22)4-5-15(16,12(17)20)10-3-2-6-18-11(10)14/h2-3,6,21-22H,4-5,7-9H2,1H3,(H2,17,20). The lowest BCUT2D eigenvalue weighted by atomic mass is 9.73. The summed E-state index contributed by atoms with van der Waals surface area (Å²) in [6, 6.07) is 2.97. The minimum Gasteiger partial charge on any atom is -0.388 e. The molecular weight excluding hydrogens is 289 g/mol. The lowest BCUT2D eigenvalue weighted by molar-refractivity contribution is -0.139. The molecule has 0 saturated carbocycles. The van der Waals surface area contributed by atoms with Gasteiger partial charge in [0.15, 0.2) is 0 Å². The van der Waals surface area contributed by atoms with Gasteiger partial charge in [0.25, 0.3) is 5.91 Å². The average Bonchev–Trinajstić information content (AvgIpc) is 2.42. The molecule has 1 aromatic heterocycles. The van der Waals surface area contributed by atoms with Crippen LogP contribution in [0.2, 0.25) is 0 Å². The number of amides is 1. The number of nitrogens with two attached hydrogens (primary N) is 1. The monoisotopic (exact) mass is 309 g/mol. The number of hydrogen-bond acceptors (Lipinski definition) is 5. The van der Waals surface area contributed by atoms with Crippen LogP contribution in [-0.2, 0) is 16.1 Å². The first-order valence-corrected chi connectivity index (χ1v) is 7.28. The molecule has 1 aliphatic carbocycles. The SMILES string of the molecule is CC1(O)CN(CC2(O)CCC(F)(C(N)=O)c3cccnc32)C1. The van der Waals surface area contributed by atoms with E-state index in [0.717, 1.165) is 0 Å². The predicted octanol–water partition coefficient (Wildman–Crippen LogP) is -0.220. The van der Waals surface area contributed by atoms with Crippen molar-refractivity contribution in [2.24, 2.45) is 5.73 Å². The van der Waals surface area contributed by atoms with Gasteiger partial charge in [0, 0.05) is 31.4 Å². The first kappa shape index (κ1) is 15.3. The van der Waals surface area contributed by atoms with Crippen LogP contribution in [0, 0.1) is 0 Å². The number of rotatable bonds is 3. The maximum absolute atomic E-state index is 14.9. The van der Waals surface area contributed by atoms with E-state index in [1.807, 2.05) is 4.90 Å². The van der Waals surface area contributed by atoms with Crippen molar-refractivity contribution < 1.29 is 19.4 Å². The van der Waals surface area contributed by atoms with Crippen LogP contribution in [0.3, 0.4) is 0 Å². The Bertz CT molecular complexity index is 616. The summed E-state index contributed by atoms with van der Waals surface area (Å²) in [6.07, 6.45) is 1.33. The first-order chi connectivity index (χ1) is 10.2. The van der Waals surface area contributed by atoms with Crippen LogP contribution in [0.15, 0.2) is 18.3 Å². The third-order valence-corrected chi connectivity index (χ3v) is 4.56. The Labute approximate surface area is 127 Å². The fraction of sp³-hybridized carbons (Fsp3) is 0.600. The highest BCUT2D eigenvalue weighted by Crippen LogP contribution is 2.45. The van der Waals surface area contributed by atoms with E-state index in [9.17, 15) is 19.4 Å². The molecule has 0 aromatic carbocycles. The molecule has 0 bridgehead atoms. The normalized spacial score (nSPS) is 33.8. The van der Waals surface area contributed by atoms with E-state index in [1.54, 1.807) is 6.92 Å². The quantitative estimate of drug-likeness (QED) is 0.717. The van der Waals surface area contributed by atoms with Gasteiger partial charge in [-0.3, -0.25) is 14.7 Å². The van der Waals surface area contributed by atoms with Gasteiger partial charge in [-0.2, -0.15) is 0 Å². The summed E-state index contributed by atoms with van der Waals surface area (Å²) in [4.78, 5) is 17.5. The topological polar surface area (TPSA) is 99.7 Å². The van der Waals surface area contributed by atoms with Crippen LogP contribution >= 0.6 is 0 Å². The van der Waals surface area contributed by atoms with Crippen molar-refractivity contribution >= 4 is 5.91 Å². The second-order valence-electron chi connectivity index (χ2n) is 6.74. The summed E-state index contributed by atoms with van der Waals surface area (Å²) >= 11 is 0. The smallest absolute Gasteiger partial charge is 0.259 e. The number of aliphatic hydroxyl groups is 2. The van der Waals surface area contributed by atoms with E-state index < -0.39 is 22.8 Å². The Balaban J connectivity index is 1.93. The molecule has 1 saturated heterocycles. The predicted molar refractivity (Wildman–Crippen MR) is 76.4 cm³/mol. The number of aromatic nitrogens is 1. The number of nitrogens with zero attached hydrogens (tertiary/aromatic N) is 2. The van der Waals surface area contributed by atoms with E-state index in [4.69, 9.17) is 5.73 Å². The average molecular weight is 309 g/mol. The van der Waals surface area contributed by atoms with Crippen molar-refractivity contribution in [2.75, 3.05) is 19.6 Å². The van der Waals surface area contributed by atoms with Gasteiger partial charge in [0.2, 0.25) is 5.67 Å². The number of halogens is 1. The number of carbonyl (C=O) groups excluding carboxylic acids is 1. The highest BCUT2D eigenvalue weighted by Gasteiger charge is 2.52. The summed E-state index contributed by atoms with van der Waals surface area (Å²) in [5, 5.41) is 20.7. The maximum Gasteiger partial charge on any atom is 0.259 e. The van der Waals surface area contributed by atoms with Crippen molar-refractivity contribution in [1.82, 2.24) is 9.88 Å². The third kappa shape index (κ3) is 2.29. The highest BCUT2D eigenvalue weighted by atomic mass is 19.1. The molecule has 1 fully saturated rings. The van der Waals surface area contributed by atoms with Crippen LogP contribution in [0.1, 0.15) is 31.0 Å². The van der Waals surface area contributed by atoms with E-state index in [0.29, 0.717) is 13.1 Å². The van der Waals surface area contributed by atoms with E-state index in [1.165, 1.54) is 18.3 Å². The van der Waals surface area contributed by atoms with Gasteiger partial charge in [-0.25, -0.2) is 4.39 Å². The lowest BCUT2D eigenvalue weighted by Gasteiger charge is -2.49. The molecule has 2 atom stereocenters. The van der Waals surface area contributed by atoms with Crippen molar-refractivity contribution in [2.45, 2.75) is 36.6 Å². The number of carbonyl (C=O) groups is 1. The van der Waals surface area contributed by atoms with Gasteiger partial charge in [-0.1, -0.05) is 6.07 Å². The molecule has 0 radical (unpaired) electrons. The molecule has 6 nitrogen and oxygen atoms in total. The number of likely N-dealkylation sites (tertiary alicyclic amines) is 1. The Morgan fingerprint density at radius 2 is 2.14 bits per heavy atom. The van der Waals surface area contributed by atoms with Gasteiger partial charge < -0.3 is 15.9 Å². The van der Waals surface area contributed by atoms with E-state index >= 15 is 0 Å². The number of primary amides is 1. The summed E-state index contributed by atoms with van der Waals surface area (Å²) in [5.41, 5.74) is 1.02. The molecule has 0 spiro atoms. The van der Waals surface area contributed by atoms with Crippen LogP contribution < -0.4 is 5.73 Å². The molecule has 4 N–H and O–H groups in total. The Hall–Kier alpha value is -1.57. The van der Waals surface area contributed by atoms with Gasteiger partial charge in [-0.15, -0.1) is 0 Å².